The standard InChI is InChI=1S/C16H12ClF6N3O2/c1-8(2)28-13(27)6-12(17)26-7-24-14(25-26)9-3-10(15(18,19)20)5-11(4-9)16(21,22)23/h3-8H,1-2H3/b12-6-. The highest BCUT2D eigenvalue weighted by Crippen LogP contribution is 2.38. The Balaban J connectivity index is 2.44. The van der Waals surface area contributed by atoms with Gasteiger partial charge < -0.3 is 4.74 Å². The van der Waals surface area contributed by atoms with Crippen LogP contribution in [0.5, 0.6) is 0 Å². The Morgan fingerprint density at radius 3 is 2.11 bits per heavy atom. The zero-order chi connectivity index (χ0) is 21.3. The number of ether oxygens (including phenoxy) is 1. The highest BCUT2D eigenvalue weighted by molar-refractivity contribution is 6.46. The van der Waals surface area contributed by atoms with Gasteiger partial charge in [0.15, 0.2) is 5.82 Å². The van der Waals surface area contributed by atoms with Crippen molar-refractivity contribution in [2.75, 3.05) is 0 Å². The van der Waals surface area contributed by atoms with Crippen LogP contribution in [0.3, 0.4) is 0 Å². The Bertz CT molecular complexity index is 870. The highest BCUT2D eigenvalue weighted by Gasteiger charge is 2.37. The normalized spacial score (nSPS) is 13.1. The lowest BCUT2D eigenvalue weighted by molar-refractivity contribution is -0.143. The molecule has 2 rings (SSSR count). The fourth-order valence-corrected chi connectivity index (χ4v) is 2.18. The van der Waals surface area contributed by atoms with E-state index in [9.17, 15) is 31.1 Å². The topological polar surface area (TPSA) is 57.0 Å². The molecule has 0 fully saturated rings. The van der Waals surface area contributed by atoms with Gasteiger partial charge >= 0.3 is 18.3 Å². The first-order valence-electron chi connectivity index (χ1n) is 7.57. The van der Waals surface area contributed by atoms with Gasteiger partial charge in [-0.1, -0.05) is 11.6 Å². The van der Waals surface area contributed by atoms with Crippen molar-refractivity contribution in [3.05, 3.63) is 41.7 Å². The molecule has 5 nitrogen and oxygen atoms in total. The summed E-state index contributed by atoms with van der Waals surface area (Å²) in [7, 11) is 0. The Hall–Kier alpha value is -2.56. The van der Waals surface area contributed by atoms with Crippen molar-refractivity contribution in [1.82, 2.24) is 14.8 Å². The van der Waals surface area contributed by atoms with Crippen molar-refractivity contribution >= 4 is 22.7 Å². The lowest BCUT2D eigenvalue weighted by atomic mass is 10.0. The molecule has 12 heteroatoms. The van der Waals surface area contributed by atoms with E-state index in [1.807, 2.05) is 0 Å². The van der Waals surface area contributed by atoms with Gasteiger partial charge in [0, 0.05) is 5.56 Å². The zero-order valence-electron chi connectivity index (χ0n) is 14.3. The van der Waals surface area contributed by atoms with E-state index < -0.39 is 46.9 Å². The quantitative estimate of drug-likeness (QED) is 0.393. The van der Waals surface area contributed by atoms with Gasteiger partial charge in [0.1, 0.15) is 11.5 Å². The number of hydrogen-bond acceptors (Lipinski definition) is 4. The van der Waals surface area contributed by atoms with Gasteiger partial charge in [-0.25, -0.2) is 14.5 Å². The molecule has 0 aliphatic carbocycles. The molecule has 1 aromatic heterocycles. The van der Waals surface area contributed by atoms with Crippen LogP contribution >= 0.6 is 11.6 Å². The fraction of sp³-hybridized carbons (Fsp3) is 0.312. The minimum Gasteiger partial charge on any atom is -0.460 e. The third-order valence-electron chi connectivity index (χ3n) is 3.15. The third kappa shape index (κ3) is 5.47. The van der Waals surface area contributed by atoms with E-state index in [1.54, 1.807) is 13.8 Å². The van der Waals surface area contributed by atoms with Crippen LogP contribution < -0.4 is 0 Å². The van der Waals surface area contributed by atoms with Crippen molar-refractivity contribution in [3.63, 3.8) is 0 Å². The van der Waals surface area contributed by atoms with Crippen LogP contribution in [-0.4, -0.2) is 26.8 Å². The van der Waals surface area contributed by atoms with E-state index in [0.29, 0.717) is 12.1 Å². The minimum atomic E-state index is -5.00. The van der Waals surface area contributed by atoms with Crippen LogP contribution in [0.1, 0.15) is 25.0 Å². The Morgan fingerprint density at radius 1 is 1.11 bits per heavy atom. The van der Waals surface area contributed by atoms with Crippen LogP contribution in [0.25, 0.3) is 16.5 Å². The molecule has 152 valence electrons. The first kappa shape index (κ1) is 21.7. The number of aromatic nitrogens is 3. The predicted octanol–water partition coefficient (Wildman–Crippen LogP) is 4.97. The van der Waals surface area contributed by atoms with Gasteiger partial charge in [-0.3, -0.25) is 0 Å². The molecule has 2 aromatic rings. The van der Waals surface area contributed by atoms with Crippen LogP contribution in [0.2, 0.25) is 0 Å². The highest BCUT2D eigenvalue weighted by atomic mass is 35.5. The van der Waals surface area contributed by atoms with Crippen molar-refractivity contribution in [1.29, 1.82) is 0 Å². The molecule has 0 aliphatic rings. The number of benzene rings is 1. The van der Waals surface area contributed by atoms with Crippen LogP contribution in [0.4, 0.5) is 26.3 Å². The third-order valence-corrected chi connectivity index (χ3v) is 3.43. The SMILES string of the molecule is CC(C)OC(=O)/C=C(/Cl)n1cnc(-c2cc(C(F)(F)F)cc(C(F)(F)F)c2)n1. The summed E-state index contributed by atoms with van der Waals surface area (Å²) in [5.41, 5.74) is -3.53. The van der Waals surface area contributed by atoms with Crippen LogP contribution in [0, 0.1) is 0 Å². The largest absolute Gasteiger partial charge is 0.460 e. The molecule has 0 saturated carbocycles. The van der Waals surface area contributed by atoms with Crippen molar-refractivity contribution < 1.29 is 35.9 Å². The van der Waals surface area contributed by atoms with Crippen molar-refractivity contribution in [2.24, 2.45) is 0 Å². The van der Waals surface area contributed by atoms with Gasteiger partial charge in [0.25, 0.3) is 0 Å². The molecular weight excluding hydrogens is 416 g/mol. The summed E-state index contributed by atoms with van der Waals surface area (Å²) in [6.07, 6.45) is -8.66. The average molecular weight is 428 g/mol. The number of rotatable bonds is 4. The lowest BCUT2D eigenvalue weighted by Crippen LogP contribution is -2.11. The maximum absolute atomic E-state index is 12.9. The zero-order valence-corrected chi connectivity index (χ0v) is 15.0. The second kappa shape index (κ2) is 7.82. The Kier molecular flexibility index (Phi) is 6.07. The van der Waals surface area contributed by atoms with E-state index in [4.69, 9.17) is 16.3 Å². The summed E-state index contributed by atoms with van der Waals surface area (Å²) in [5, 5.41) is 3.41. The van der Waals surface area contributed by atoms with Gasteiger partial charge in [-0.15, -0.1) is 5.10 Å². The molecule has 0 aliphatic heterocycles. The fourth-order valence-electron chi connectivity index (χ4n) is 2.01. The lowest BCUT2D eigenvalue weighted by Gasteiger charge is -2.13. The van der Waals surface area contributed by atoms with E-state index in [2.05, 4.69) is 10.1 Å². The van der Waals surface area contributed by atoms with Crippen LogP contribution in [-0.2, 0) is 21.9 Å². The van der Waals surface area contributed by atoms with Crippen molar-refractivity contribution in [2.45, 2.75) is 32.3 Å². The number of esters is 1. The molecule has 0 saturated heterocycles. The van der Waals surface area contributed by atoms with Gasteiger partial charge in [0.05, 0.1) is 23.3 Å². The number of alkyl halides is 6. The van der Waals surface area contributed by atoms with Gasteiger partial charge in [0.2, 0.25) is 0 Å². The summed E-state index contributed by atoms with van der Waals surface area (Å²) in [6, 6.07) is 0.967. The smallest absolute Gasteiger partial charge is 0.416 e. The maximum atomic E-state index is 12.9. The molecular formula is C16H12ClF6N3O2. The molecule has 0 amide bonds. The van der Waals surface area contributed by atoms with Gasteiger partial charge in [-0.05, 0) is 32.0 Å². The molecule has 1 heterocycles. The Labute approximate surface area is 159 Å². The molecule has 0 atom stereocenters. The van der Waals surface area contributed by atoms with Crippen molar-refractivity contribution in [3.8, 4) is 11.4 Å². The molecule has 28 heavy (non-hydrogen) atoms. The number of carbonyl (C=O) groups excluding carboxylic acids is 1. The van der Waals surface area contributed by atoms with E-state index in [0.717, 1.165) is 17.1 Å². The van der Waals surface area contributed by atoms with E-state index in [1.165, 1.54) is 0 Å². The number of halogens is 7. The second-order valence-electron chi connectivity index (χ2n) is 5.76. The number of nitrogens with zero attached hydrogens (tertiary/aromatic N) is 3. The summed E-state index contributed by atoms with van der Waals surface area (Å²) in [5.74, 6) is -1.25. The maximum Gasteiger partial charge on any atom is 0.416 e. The summed E-state index contributed by atoms with van der Waals surface area (Å²) in [6.45, 7) is 3.19. The molecule has 1 aromatic carbocycles. The molecule has 0 spiro atoms. The molecule has 0 bridgehead atoms. The van der Waals surface area contributed by atoms with E-state index in [-0.39, 0.29) is 11.2 Å². The number of hydrogen-bond donors (Lipinski definition) is 0. The molecule has 0 unspecified atom stereocenters. The first-order valence-corrected chi connectivity index (χ1v) is 7.95. The van der Waals surface area contributed by atoms with Crippen LogP contribution in [0.15, 0.2) is 30.6 Å². The summed E-state index contributed by atoms with van der Waals surface area (Å²) >= 11 is 5.85. The van der Waals surface area contributed by atoms with E-state index >= 15 is 0 Å². The first-order chi connectivity index (χ1) is 12.8. The second-order valence-corrected chi connectivity index (χ2v) is 6.15. The average Bonchev–Trinajstić information content (AvgIpc) is 3.02. The summed E-state index contributed by atoms with van der Waals surface area (Å²) < 4.78 is 83.3. The van der Waals surface area contributed by atoms with Gasteiger partial charge in [-0.2, -0.15) is 26.3 Å². The minimum absolute atomic E-state index is 0.00467. The molecule has 0 radical (unpaired) electrons. The summed E-state index contributed by atoms with van der Waals surface area (Å²) in [4.78, 5) is 15.2. The molecule has 0 N–H and O–H groups in total. The Morgan fingerprint density at radius 2 is 1.64 bits per heavy atom. The predicted molar refractivity (Wildman–Crippen MR) is 86.8 cm³/mol. The number of carbonyl (C=O) groups is 1. The monoisotopic (exact) mass is 427 g/mol.